The second-order valence-corrected chi connectivity index (χ2v) is 6.25. The van der Waals surface area contributed by atoms with Gasteiger partial charge in [-0.15, -0.1) is 0 Å². The van der Waals surface area contributed by atoms with Crippen LogP contribution in [-0.4, -0.2) is 56.8 Å². The van der Waals surface area contributed by atoms with Crippen molar-refractivity contribution in [3.8, 4) is 5.69 Å². The molecule has 1 aliphatic rings. The molecule has 0 aliphatic heterocycles. The monoisotopic (exact) mass is 342 g/mol. The third-order valence-corrected chi connectivity index (χ3v) is 4.61. The van der Waals surface area contributed by atoms with Crippen LogP contribution in [0.25, 0.3) is 5.69 Å². The summed E-state index contributed by atoms with van der Waals surface area (Å²) >= 11 is 0. The van der Waals surface area contributed by atoms with Crippen LogP contribution in [0, 0.1) is 0 Å². The Morgan fingerprint density at radius 1 is 1.32 bits per heavy atom. The Hall–Kier alpha value is -2.67. The van der Waals surface area contributed by atoms with Gasteiger partial charge < -0.3 is 10.4 Å². The van der Waals surface area contributed by atoms with E-state index in [1.54, 1.807) is 23.0 Å². The zero-order valence-electron chi connectivity index (χ0n) is 14.1. The van der Waals surface area contributed by atoms with Crippen molar-refractivity contribution in [2.75, 3.05) is 13.1 Å². The molecule has 3 rings (SSSR count). The average Bonchev–Trinajstić information content (AvgIpc) is 3.10. The lowest BCUT2D eigenvalue weighted by Crippen LogP contribution is -2.54. The minimum atomic E-state index is -0.813. The summed E-state index contributed by atoms with van der Waals surface area (Å²) in [4.78, 5) is 25.1. The van der Waals surface area contributed by atoms with E-state index in [0.717, 1.165) is 18.5 Å². The summed E-state index contributed by atoms with van der Waals surface area (Å²) in [6, 6.07) is 9.46. The summed E-state index contributed by atoms with van der Waals surface area (Å²) in [6.45, 7) is 2.71. The number of benzene rings is 1. The Bertz CT molecular complexity index is 721. The molecule has 0 atom stereocenters. The topological polar surface area (TPSA) is 87.5 Å². The molecule has 0 spiro atoms. The molecule has 0 bridgehead atoms. The van der Waals surface area contributed by atoms with Gasteiger partial charge in [0.15, 0.2) is 0 Å². The standard InChI is InChI=1S/C18H22N4O3/c1-2-21(12-17(23)24)16-10-14(11-16)20-18(25)13-4-6-15(7-5-13)22-9-3-8-19-22/h3-9,14,16H,2,10-12H2,1H3,(H,20,25)(H,23,24). The van der Waals surface area contributed by atoms with Crippen LogP contribution in [-0.2, 0) is 4.79 Å². The zero-order valence-corrected chi connectivity index (χ0v) is 14.1. The van der Waals surface area contributed by atoms with E-state index in [2.05, 4.69) is 10.4 Å². The first-order valence-electron chi connectivity index (χ1n) is 8.43. The van der Waals surface area contributed by atoms with E-state index in [1.807, 2.05) is 36.2 Å². The Morgan fingerprint density at radius 3 is 2.60 bits per heavy atom. The molecule has 1 saturated carbocycles. The number of carboxylic acid groups (broad SMARTS) is 1. The first-order valence-corrected chi connectivity index (χ1v) is 8.43. The van der Waals surface area contributed by atoms with Crippen LogP contribution < -0.4 is 5.32 Å². The summed E-state index contributed by atoms with van der Waals surface area (Å²) in [7, 11) is 0. The maximum absolute atomic E-state index is 12.3. The Morgan fingerprint density at radius 2 is 2.04 bits per heavy atom. The second-order valence-electron chi connectivity index (χ2n) is 6.25. The number of rotatable bonds is 7. The quantitative estimate of drug-likeness (QED) is 0.797. The van der Waals surface area contributed by atoms with E-state index in [1.165, 1.54) is 0 Å². The normalized spacial score (nSPS) is 19.4. The fourth-order valence-electron chi connectivity index (χ4n) is 3.13. The van der Waals surface area contributed by atoms with Gasteiger partial charge >= 0.3 is 5.97 Å². The SMILES string of the molecule is CCN(CC(=O)O)C1CC(NC(=O)c2ccc(-n3cccn3)cc2)C1. The third-order valence-electron chi connectivity index (χ3n) is 4.61. The van der Waals surface area contributed by atoms with Crippen LogP contribution in [0.4, 0.5) is 0 Å². The minimum absolute atomic E-state index is 0.0523. The van der Waals surface area contributed by atoms with Gasteiger partial charge in [-0.05, 0) is 49.7 Å². The van der Waals surface area contributed by atoms with Crippen molar-refractivity contribution in [2.24, 2.45) is 0 Å². The van der Waals surface area contributed by atoms with Crippen LogP contribution in [0.1, 0.15) is 30.1 Å². The fraction of sp³-hybridized carbons (Fsp3) is 0.389. The summed E-state index contributed by atoms with van der Waals surface area (Å²) < 4.78 is 1.74. The minimum Gasteiger partial charge on any atom is -0.480 e. The van der Waals surface area contributed by atoms with Crippen LogP contribution in [0.15, 0.2) is 42.7 Å². The molecule has 1 amide bonds. The van der Waals surface area contributed by atoms with Gasteiger partial charge in [0.25, 0.3) is 5.91 Å². The number of hydrogen-bond donors (Lipinski definition) is 2. The number of carbonyl (C=O) groups is 2. The second kappa shape index (κ2) is 7.48. The number of hydrogen-bond acceptors (Lipinski definition) is 4. The van der Waals surface area contributed by atoms with Crippen molar-refractivity contribution in [3.63, 3.8) is 0 Å². The number of nitrogens with zero attached hydrogens (tertiary/aromatic N) is 3. The Kier molecular flexibility index (Phi) is 5.14. The fourth-order valence-corrected chi connectivity index (χ4v) is 3.13. The highest BCUT2D eigenvalue weighted by Crippen LogP contribution is 2.26. The maximum Gasteiger partial charge on any atom is 0.317 e. The van der Waals surface area contributed by atoms with E-state index < -0.39 is 5.97 Å². The highest BCUT2D eigenvalue weighted by Gasteiger charge is 2.34. The van der Waals surface area contributed by atoms with E-state index >= 15 is 0 Å². The van der Waals surface area contributed by atoms with Crippen LogP contribution in [0.2, 0.25) is 0 Å². The van der Waals surface area contributed by atoms with E-state index in [9.17, 15) is 9.59 Å². The lowest BCUT2D eigenvalue weighted by Gasteiger charge is -2.42. The van der Waals surface area contributed by atoms with Crippen molar-refractivity contribution in [1.29, 1.82) is 0 Å². The molecule has 25 heavy (non-hydrogen) atoms. The molecular weight excluding hydrogens is 320 g/mol. The van der Waals surface area contributed by atoms with Crippen molar-refractivity contribution in [2.45, 2.75) is 31.8 Å². The van der Waals surface area contributed by atoms with Crippen LogP contribution >= 0.6 is 0 Å². The van der Waals surface area contributed by atoms with Gasteiger partial charge in [-0.25, -0.2) is 4.68 Å². The zero-order chi connectivity index (χ0) is 17.8. The lowest BCUT2D eigenvalue weighted by atomic mass is 9.85. The molecule has 7 nitrogen and oxygen atoms in total. The molecule has 7 heteroatoms. The summed E-state index contributed by atoms with van der Waals surface area (Å²) in [5, 5.41) is 16.1. The highest BCUT2D eigenvalue weighted by molar-refractivity contribution is 5.94. The highest BCUT2D eigenvalue weighted by atomic mass is 16.4. The number of nitrogens with one attached hydrogen (secondary N) is 1. The molecule has 1 fully saturated rings. The number of carboxylic acids is 1. The molecule has 0 unspecified atom stereocenters. The van der Waals surface area contributed by atoms with E-state index in [0.29, 0.717) is 12.1 Å². The molecule has 2 aromatic rings. The van der Waals surface area contributed by atoms with Gasteiger partial charge in [0.2, 0.25) is 0 Å². The largest absolute Gasteiger partial charge is 0.480 e. The van der Waals surface area contributed by atoms with Crippen molar-refractivity contribution < 1.29 is 14.7 Å². The van der Waals surface area contributed by atoms with Crippen molar-refractivity contribution in [3.05, 3.63) is 48.3 Å². The number of amides is 1. The van der Waals surface area contributed by atoms with E-state index in [4.69, 9.17) is 5.11 Å². The van der Waals surface area contributed by atoms with Gasteiger partial charge in [-0.1, -0.05) is 6.92 Å². The summed E-state index contributed by atoms with van der Waals surface area (Å²) in [6.07, 6.45) is 5.13. The summed E-state index contributed by atoms with van der Waals surface area (Å²) in [5.74, 6) is -0.914. The Labute approximate surface area is 146 Å². The van der Waals surface area contributed by atoms with Gasteiger partial charge in [-0.2, -0.15) is 5.10 Å². The van der Waals surface area contributed by atoms with Gasteiger partial charge in [0, 0.05) is 30.0 Å². The first kappa shape index (κ1) is 17.2. The molecule has 0 radical (unpaired) electrons. The van der Waals surface area contributed by atoms with Crippen LogP contribution in [0.3, 0.4) is 0 Å². The number of likely N-dealkylation sites (N-methyl/N-ethyl adjacent to an activating group) is 1. The number of carbonyl (C=O) groups excluding carboxylic acids is 1. The molecule has 132 valence electrons. The first-order chi connectivity index (χ1) is 12.1. The molecule has 0 saturated heterocycles. The number of aromatic nitrogens is 2. The molecule has 1 aliphatic carbocycles. The predicted octanol–water partition coefficient (Wildman–Crippen LogP) is 1.54. The van der Waals surface area contributed by atoms with Crippen molar-refractivity contribution >= 4 is 11.9 Å². The molecule has 2 N–H and O–H groups in total. The number of aliphatic carboxylic acids is 1. The maximum atomic E-state index is 12.3. The van der Waals surface area contributed by atoms with Crippen LogP contribution in [0.5, 0.6) is 0 Å². The molecule has 1 heterocycles. The summed E-state index contributed by atoms with van der Waals surface area (Å²) in [5.41, 5.74) is 1.51. The smallest absolute Gasteiger partial charge is 0.317 e. The van der Waals surface area contributed by atoms with E-state index in [-0.39, 0.29) is 24.5 Å². The average molecular weight is 342 g/mol. The predicted molar refractivity (Wildman–Crippen MR) is 92.7 cm³/mol. The van der Waals surface area contributed by atoms with Gasteiger partial charge in [-0.3, -0.25) is 14.5 Å². The van der Waals surface area contributed by atoms with Crippen molar-refractivity contribution in [1.82, 2.24) is 20.0 Å². The molecular formula is C18H22N4O3. The molecule has 1 aromatic carbocycles. The lowest BCUT2D eigenvalue weighted by molar-refractivity contribution is -0.139. The Balaban J connectivity index is 1.51. The third kappa shape index (κ3) is 4.06. The molecule has 1 aromatic heterocycles. The van der Waals surface area contributed by atoms with Gasteiger partial charge in [0.05, 0.1) is 12.2 Å². The van der Waals surface area contributed by atoms with Gasteiger partial charge in [0.1, 0.15) is 0 Å².